The first-order chi connectivity index (χ1) is 11.7. The van der Waals surface area contributed by atoms with E-state index in [9.17, 15) is 4.79 Å². The van der Waals surface area contributed by atoms with E-state index in [1.165, 1.54) is 0 Å². The molecule has 3 nitrogen and oxygen atoms in total. The van der Waals surface area contributed by atoms with Crippen molar-refractivity contribution in [2.75, 3.05) is 11.9 Å². The highest BCUT2D eigenvalue weighted by atomic mass is 35.5. The highest BCUT2D eigenvalue weighted by Crippen LogP contribution is 2.21. The first kappa shape index (κ1) is 16.1. The van der Waals surface area contributed by atoms with Gasteiger partial charge in [-0.05, 0) is 47.5 Å². The monoisotopic (exact) mass is 337 g/mol. The number of hydrogen-bond acceptors (Lipinski definition) is 2. The van der Waals surface area contributed by atoms with Gasteiger partial charge in [0.15, 0.2) is 6.61 Å². The molecule has 0 fully saturated rings. The molecule has 0 unspecified atom stereocenters. The standard InChI is InChI=1S/C20H16ClNO2/c21-17-8-12-19(13-9-17)24-14-20(23)22-18-10-6-16(7-11-18)15-4-2-1-3-5-15/h1-13H,14H2,(H,22,23). The number of halogens is 1. The van der Waals surface area contributed by atoms with Crippen molar-refractivity contribution in [1.29, 1.82) is 0 Å². The molecule has 3 aromatic carbocycles. The van der Waals surface area contributed by atoms with E-state index in [1.807, 2.05) is 54.6 Å². The Morgan fingerprint density at radius 3 is 2.12 bits per heavy atom. The molecule has 0 saturated heterocycles. The zero-order valence-corrected chi connectivity index (χ0v) is 13.7. The SMILES string of the molecule is O=C(COc1ccc(Cl)cc1)Nc1ccc(-c2ccccc2)cc1. The van der Waals surface area contributed by atoms with Gasteiger partial charge in [0.25, 0.3) is 5.91 Å². The topological polar surface area (TPSA) is 38.3 Å². The Balaban J connectivity index is 1.55. The molecule has 4 heteroatoms. The number of amides is 1. The normalized spacial score (nSPS) is 10.2. The molecule has 0 aliphatic carbocycles. The van der Waals surface area contributed by atoms with Crippen LogP contribution in [-0.4, -0.2) is 12.5 Å². The van der Waals surface area contributed by atoms with Gasteiger partial charge >= 0.3 is 0 Å². The second-order valence-corrected chi connectivity index (χ2v) is 5.67. The Hall–Kier alpha value is -2.78. The van der Waals surface area contributed by atoms with Gasteiger partial charge in [0.05, 0.1) is 0 Å². The number of nitrogens with one attached hydrogen (secondary N) is 1. The summed E-state index contributed by atoms with van der Waals surface area (Å²) in [5.41, 5.74) is 2.98. The quantitative estimate of drug-likeness (QED) is 0.709. The molecule has 0 radical (unpaired) electrons. The van der Waals surface area contributed by atoms with Crippen LogP contribution in [0, 0.1) is 0 Å². The first-order valence-corrected chi connectivity index (χ1v) is 7.92. The fraction of sp³-hybridized carbons (Fsp3) is 0.0500. The van der Waals surface area contributed by atoms with Crippen LogP contribution in [0.3, 0.4) is 0 Å². The van der Waals surface area contributed by atoms with Crippen LogP contribution in [-0.2, 0) is 4.79 Å². The van der Waals surface area contributed by atoms with Crippen LogP contribution >= 0.6 is 11.6 Å². The Morgan fingerprint density at radius 1 is 0.833 bits per heavy atom. The summed E-state index contributed by atoms with van der Waals surface area (Å²) in [6, 6.07) is 24.7. The maximum absolute atomic E-state index is 11.9. The number of benzene rings is 3. The summed E-state index contributed by atoms with van der Waals surface area (Å²) in [5, 5.41) is 3.44. The molecular formula is C20H16ClNO2. The van der Waals surface area contributed by atoms with E-state index in [-0.39, 0.29) is 12.5 Å². The van der Waals surface area contributed by atoms with Crippen molar-refractivity contribution in [1.82, 2.24) is 0 Å². The van der Waals surface area contributed by atoms with Crippen LogP contribution in [0.1, 0.15) is 0 Å². The Kier molecular flexibility index (Phi) is 5.14. The second-order valence-electron chi connectivity index (χ2n) is 5.23. The third kappa shape index (κ3) is 4.37. The number of carbonyl (C=O) groups is 1. The maximum atomic E-state index is 11.9. The summed E-state index contributed by atoms with van der Waals surface area (Å²) < 4.78 is 5.42. The lowest BCUT2D eigenvalue weighted by Gasteiger charge is -2.08. The molecule has 0 saturated carbocycles. The van der Waals surface area contributed by atoms with Gasteiger partial charge in [0, 0.05) is 10.7 Å². The van der Waals surface area contributed by atoms with E-state index < -0.39 is 0 Å². The number of hydrogen-bond donors (Lipinski definition) is 1. The fourth-order valence-corrected chi connectivity index (χ4v) is 2.38. The van der Waals surface area contributed by atoms with E-state index in [2.05, 4.69) is 5.32 Å². The molecule has 3 aromatic rings. The molecule has 24 heavy (non-hydrogen) atoms. The van der Waals surface area contributed by atoms with Gasteiger partial charge in [-0.2, -0.15) is 0 Å². The van der Waals surface area contributed by atoms with Gasteiger partial charge in [-0.15, -0.1) is 0 Å². The van der Waals surface area contributed by atoms with Gasteiger partial charge in [-0.25, -0.2) is 0 Å². The summed E-state index contributed by atoms with van der Waals surface area (Å²) in [6.45, 7) is -0.0535. The first-order valence-electron chi connectivity index (χ1n) is 7.54. The molecule has 1 amide bonds. The molecule has 0 spiro atoms. The van der Waals surface area contributed by atoms with E-state index >= 15 is 0 Å². The lowest BCUT2D eigenvalue weighted by atomic mass is 10.1. The highest BCUT2D eigenvalue weighted by Gasteiger charge is 2.04. The van der Waals surface area contributed by atoms with Crippen molar-refractivity contribution >= 4 is 23.2 Å². The minimum atomic E-state index is -0.211. The third-order valence-corrected chi connectivity index (χ3v) is 3.71. The highest BCUT2D eigenvalue weighted by molar-refractivity contribution is 6.30. The van der Waals surface area contributed by atoms with Crippen LogP contribution in [0.2, 0.25) is 5.02 Å². The molecule has 0 aromatic heterocycles. The summed E-state index contributed by atoms with van der Waals surface area (Å²) in [4.78, 5) is 11.9. The molecule has 0 heterocycles. The number of anilines is 1. The summed E-state index contributed by atoms with van der Waals surface area (Å²) in [7, 11) is 0. The second kappa shape index (κ2) is 7.66. The predicted octanol–water partition coefficient (Wildman–Crippen LogP) is 5.02. The van der Waals surface area contributed by atoms with E-state index in [4.69, 9.17) is 16.3 Å². The van der Waals surface area contributed by atoms with Crippen molar-refractivity contribution < 1.29 is 9.53 Å². The zero-order chi connectivity index (χ0) is 16.8. The Labute approximate surface area is 145 Å². The molecule has 0 aliphatic rings. The lowest BCUT2D eigenvalue weighted by molar-refractivity contribution is -0.118. The van der Waals surface area contributed by atoms with Crippen LogP contribution in [0.4, 0.5) is 5.69 Å². The maximum Gasteiger partial charge on any atom is 0.262 e. The van der Waals surface area contributed by atoms with E-state index in [0.29, 0.717) is 10.8 Å². The van der Waals surface area contributed by atoms with Crippen LogP contribution in [0.5, 0.6) is 5.75 Å². The molecule has 1 N–H and O–H groups in total. The molecule has 0 aliphatic heterocycles. The smallest absolute Gasteiger partial charge is 0.262 e. The van der Waals surface area contributed by atoms with Gasteiger partial charge in [0.2, 0.25) is 0 Å². The van der Waals surface area contributed by atoms with Gasteiger partial charge < -0.3 is 10.1 Å². The summed E-state index contributed by atoms with van der Waals surface area (Å²) in [5.74, 6) is 0.395. The lowest BCUT2D eigenvalue weighted by Crippen LogP contribution is -2.20. The van der Waals surface area contributed by atoms with E-state index in [1.54, 1.807) is 24.3 Å². The van der Waals surface area contributed by atoms with Gasteiger partial charge in [-0.3, -0.25) is 4.79 Å². The van der Waals surface area contributed by atoms with E-state index in [0.717, 1.165) is 16.8 Å². The number of carbonyl (C=O) groups excluding carboxylic acids is 1. The predicted molar refractivity (Wildman–Crippen MR) is 97.5 cm³/mol. The average molecular weight is 338 g/mol. The summed E-state index contributed by atoms with van der Waals surface area (Å²) >= 11 is 5.80. The largest absolute Gasteiger partial charge is 0.484 e. The van der Waals surface area contributed by atoms with Gasteiger partial charge in [-0.1, -0.05) is 54.1 Å². The van der Waals surface area contributed by atoms with Crippen molar-refractivity contribution in [3.8, 4) is 16.9 Å². The minimum Gasteiger partial charge on any atom is -0.484 e. The van der Waals surface area contributed by atoms with Crippen molar-refractivity contribution in [2.24, 2.45) is 0 Å². The number of rotatable bonds is 5. The molecular weight excluding hydrogens is 322 g/mol. The summed E-state index contributed by atoms with van der Waals surface area (Å²) in [6.07, 6.45) is 0. The van der Waals surface area contributed by atoms with Crippen LogP contribution in [0.15, 0.2) is 78.9 Å². The molecule has 120 valence electrons. The Morgan fingerprint density at radius 2 is 1.46 bits per heavy atom. The molecule has 0 atom stereocenters. The van der Waals surface area contributed by atoms with Crippen LogP contribution in [0.25, 0.3) is 11.1 Å². The third-order valence-electron chi connectivity index (χ3n) is 3.46. The molecule has 3 rings (SSSR count). The minimum absolute atomic E-state index is 0.0535. The zero-order valence-electron chi connectivity index (χ0n) is 12.9. The average Bonchev–Trinajstić information content (AvgIpc) is 2.63. The molecule has 0 bridgehead atoms. The van der Waals surface area contributed by atoms with Crippen molar-refractivity contribution in [3.63, 3.8) is 0 Å². The Bertz CT molecular complexity index is 799. The number of ether oxygens (including phenoxy) is 1. The van der Waals surface area contributed by atoms with Crippen molar-refractivity contribution in [3.05, 3.63) is 83.9 Å². The van der Waals surface area contributed by atoms with Crippen molar-refractivity contribution in [2.45, 2.75) is 0 Å². The van der Waals surface area contributed by atoms with Crippen LogP contribution < -0.4 is 10.1 Å². The fourth-order valence-electron chi connectivity index (χ4n) is 2.25. The van der Waals surface area contributed by atoms with Gasteiger partial charge in [0.1, 0.15) is 5.75 Å².